The van der Waals surface area contributed by atoms with E-state index in [9.17, 15) is 9.18 Å². The Kier molecular flexibility index (Phi) is 3.74. The van der Waals surface area contributed by atoms with Gasteiger partial charge in [0.2, 0.25) is 0 Å². The third-order valence-corrected chi connectivity index (χ3v) is 3.26. The van der Waals surface area contributed by atoms with Crippen molar-refractivity contribution in [1.29, 1.82) is 0 Å². The molecule has 0 spiro atoms. The zero-order valence-corrected chi connectivity index (χ0v) is 11.8. The summed E-state index contributed by atoms with van der Waals surface area (Å²) in [6.07, 6.45) is 0. The molecule has 1 aromatic heterocycles. The number of para-hydroxylation sites is 1. The van der Waals surface area contributed by atoms with Crippen molar-refractivity contribution in [2.75, 3.05) is 7.11 Å². The van der Waals surface area contributed by atoms with Gasteiger partial charge in [-0.3, -0.25) is 5.10 Å². The van der Waals surface area contributed by atoms with Crippen molar-refractivity contribution in [3.63, 3.8) is 0 Å². The number of fused-ring (bicyclic) bond motifs is 1. The minimum absolute atomic E-state index is 0.0963. The van der Waals surface area contributed by atoms with Gasteiger partial charge in [0.25, 0.3) is 0 Å². The molecule has 22 heavy (non-hydrogen) atoms. The average molecular weight is 300 g/mol. The van der Waals surface area contributed by atoms with E-state index < -0.39 is 11.8 Å². The molecule has 112 valence electrons. The smallest absolute Gasteiger partial charge is 0.359 e. The summed E-state index contributed by atoms with van der Waals surface area (Å²) in [7, 11) is 1.47. The lowest BCUT2D eigenvalue weighted by Gasteiger charge is -2.08. The number of H-pyrrole nitrogens is 1. The van der Waals surface area contributed by atoms with Crippen molar-refractivity contribution in [1.82, 2.24) is 10.2 Å². The maximum Gasteiger partial charge on any atom is 0.359 e. The van der Waals surface area contributed by atoms with Crippen molar-refractivity contribution in [3.8, 4) is 5.75 Å². The van der Waals surface area contributed by atoms with Gasteiger partial charge in [-0.15, -0.1) is 0 Å². The number of methoxy groups -OCH3 is 1. The highest BCUT2D eigenvalue weighted by molar-refractivity contribution is 6.01. The molecule has 0 saturated heterocycles. The Hall–Kier alpha value is -2.89. The topological polar surface area (TPSA) is 64.2 Å². The monoisotopic (exact) mass is 300 g/mol. The summed E-state index contributed by atoms with van der Waals surface area (Å²) in [6, 6.07) is 11.3. The van der Waals surface area contributed by atoms with Crippen LogP contribution in [0.25, 0.3) is 10.9 Å². The van der Waals surface area contributed by atoms with Crippen molar-refractivity contribution in [3.05, 3.63) is 59.5 Å². The number of nitrogens with one attached hydrogen (secondary N) is 1. The van der Waals surface area contributed by atoms with E-state index in [4.69, 9.17) is 9.47 Å². The van der Waals surface area contributed by atoms with Gasteiger partial charge in [-0.1, -0.05) is 18.2 Å². The van der Waals surface area contributed by atoms with Gasteiger partial charge in [0.05, 0.1) is 12.6 Å². The highest BCUT2D eigenvalue weighted by atomic mass is 19.1. The molecule has 3 rings (SSSR count). The first-order valence-corrected chi connectivity index (χ1v) is 6.61. The number of aromatic nitrogens is 2. The van der Waals surface area contributed by atoms with E-state index in [1.54, 1.807) is 6.07 Å². The van der Waals surface area contributed by atoms with E-state index in [1.807, 2.05) is 18.2 Å². The zero-order chi connectivity index (χ0) is 15.5. The van der Waals surface area contributed by atoms with E-state index in [1.165, 1.54) is 25.3 Å². The average Bonchev–Trinajstić information content (AvgIpc) is 2.97. The van der Waals surface area contributed by atoms with Gasteiger partial charge in [-0.25, -0.2) is 9.18 Å². The first kappa shape index (κ1) is 14.1. The first-order chi connectivity index (χ1) is 10.7. The molecule has 0 radical (unpaired) electrons. The Morgan fingerprint density at radius 3 is 2.91 bits per heavy atom. The Morgan fingerprint density at radius 2 is 2.09 bits per heavy atom. The maximum absolute atomic E-state index is 13.3. The number of nitrogens with zero attached hydrogens (tertiary/aromatic N) is 1. The van der Waals surface area contributed by atoms with Crippen LogP contribution in [0.1, 0.15) is 16.1 Å². The first-order valence-electron chi connectivity index (χ1n) is 6.61. The number of aromatic amines is 1. The number of carbonyl (C=O) groups is 1. The van der Waals surface area contributed by atoms with E-state index >= 15 is 0 Å². The summed E-state index contributed by atoms with van der Waals surface area (Å²) in [5, 5.41) is 7.41. The molecule has 0 aliphatic heterocycles. The molecule has 0 aliphatic rings. The fourth-order valence-corrected chi connectivity index (χ4v) is 2.19. The Labute approximate surface area is 125 Å². The van der Waals surface area contributed by atoms with Crippen LogP contribution in [0.2, 0.25) is 0 Å². The Morgan fingerprint density at radius 1 is 1.27 bits per heavy atom. The lowest BCUT2D eigenvalue weighted by atomic mass is 10.2. The van der Waals surface area contributed by atoms with Crippen LogP contribution in [-0.2, 0) is 11.3 Å². The summed E-state index contributed by atoms with van der Waals surface area (Å²) < 4.78 is 23.6. The number of esters is 1. The van der Waals surface area contributed by atoms with E-state index in [-0.39, 0.29) is 12.3 Å². The van der Waals surface area contributed by atoms with Gasteiger partial charge in [0.15, 0.2) is 5.69 Å². The van der Waals surface area contributed by atoms with Gasteiger partial charge in [0.1, 0.15) is 18.2 Å². The Balaban J connectivity index is 1.79. The quantitative estimate of drug-likeness (QED) is 0.752. The van der Waals surface area contributed by atoms with E-state index in [0.29, 0.717) is 16.7 Å². The third kappa shape index (κ3) is 2.63. The second-order valence-electron chi connectivity index (χ2n) is 4.65. The number of hydrogen-bond donors (Lipinski definition) is 1. The molecule has 1 N–H and O–H groups in total. The number of hydrogen-bond acceptors (Lipinski definition) is 4. The standard InChI is InChI=1S/C16H13FN2O3/c1-21-14-7-6-11(17)8-10(14)9-22-16(20)15-12-4-2-3-5-13(12)18-19-15/h2-8H,9H2,1H3,(H,18,19). The molecule has 0 atom stereocenters. The number of halogens is 1. The minimum atomic E-state index is -0.580. The molecule has 0 unspecified atom stereocenters. The zero-order valence-electron chi connectivity index (χ0n) is 11.8. The van der Waals surface area contributed by atoms with Crippen LogP contribution in [0.5, 0.6) is 5.75 Å². The van der Waals surface area contributed by atoms with Gasteiger partial charge in [-0.2, -0.15) is 5.10 Å². The van der Waals surface area contributed by atoms with Gasteiger partial charge < -0.3 is 9.47 Å². The second-order valence-corrected chi connectivity index (χ2v) is 4.65. The molecule has 0 saturated carbocycles. The van der Waals surface area contributed by atoms with Crippen LogP contribution < -0.4 is 4.74 Å². The molecule has 0 amide bonds. The summed E-state index contributed by atoms with van der Waals surface area (Å²) >= 11 is 0. The van der Waals surface area contributed by atoms with Crippen LogP contribution in [0.15, 0.2) is 42.5 Å². The molecule has 0 fully saturated rings. The van der Waals surface area contributed by atoms with Crippen LogP contribution >= 0.6 is 0 Å². The van der Waals surface area contributed by atoms with Gasteiger partial charge in [0, 0.05) is 10.9 Å². The molecular formula is C16H13FN2O3. The van der Waals surface area contributed by atoms with Crippen LogP contribution in [-0.4, -0.2) is 23.3 Å². The molecule has 0 bridgehead atoms. The third-order valence-electron chi connectivity index (χ3n) is 3.26. The van der Waals surface area contributed by atoms with Crippen molar-refractivity contribution < 1.29 is 18.7 Å². The molecule has 3 aromatic rings. The molecule has 6 heteroatoms. The predicted molar refractivity (Wildman–Crippen MR) is 78.2 cm³/mol. The predicted octanol–water partition coefficient (Wildman–Crippen LogP) is 3.07. The number of ether oxygens (including phenoxy) is 2. The van der Waals surface area contributed by atoms with Crippen molar-refractivity contribution >= 4 is 16.9 Å². The fraction of sp³-hybridized carbons (Fsp3) is 0.125. The fourth-order valence-electron chi connectivity index (χ4n) is 2.19. The second kappa shape index (κ2) is 5.85. The van der Waals surface area contributed by atoms with Gasteiger partial charge >= 0.3 is 5.97 Å². The summed E-state index contributed by atoms with van der Waals surface area (Å²) in [4.78, 5) is 12.1. The van der Waals surface area contributed by atoms with Crippen molar-refractivity contribution in [2.45, 2.75) is 6.61 Å². The van der Waals surface area contributed by atoms with Crippen LogP contribution in [0.3, 0.4) is 0 Å². The highest BCUT2D eigenvalue weighted by Gasteiger charge is 2.16. The molecule has 0 aliphatic carbocycles. The Bertz CT molecular complexity index is 829. The summed E-state index contributed by atoms with van der Waals surface area (Å²) in [5.74, 6) is -0.540. The largest absolute Gasteiger partial charge is 0.496 e. The molecule has 1 heterocycles. The van der Waals surface area contributed by atoms with E-state index in [2.05, 4.69) is 10.2 Å². The highest BCUT2D eigenvalue weighted by Crippen LogP contribution is 2.21. The van der Waals surface area contributed by atoms with Crippen molar-refractivity contribution in [2.24, 2.45) is 0 Å². The maximum atomic E-state index is 13.3. The number of carbonyl (C=O) groups excluding carboxylic acids is 1. The summed E-state index contributed by atoms with van der Waals surface area (Å²) in [5.41, 5.74) is 1.40. The summed E-state index contributed by atoms with van der Waals surface area (Å²) in [6.45, 7) is -0.0963. The number of benzene rings is 2. The number of rotatable bonds is 4. The molecular weight excluding hydrogens is 287 g/mol. The van der Waals surface area contributed by atoms with E-state index in [0.717, 1.165) is 5.52 Å². The SMILES string of the molecule is COc1ccc(F)cc1COC(=O)c1n[nH]c2ccccc12. The van der Waals surface area contributed by atoms with Crippen LogP contribution in [0, 0.1) is 5.82 Å². The lowest BCUT2D eigenvalue weighted by molar-refractivity contribution is 0.0465. The normalized spacial score (nSPS) is 10.6. The van der Waals surface area contributed by atoms with Gasteiger partial charge in [-0.05, 0) is 24.3 Å². The molecule has 2 aromatic carbocycles. The molecule has 5 nitrogen and oxygen atoms in total. The minimum Gasteiger partial charge on any atom is -0.496 e. The lowest BCUT2D eigenvalue weighted by Crippen LogP contribution is -2.07. The van der Waals surface area contributed by atoms with Crippen LogP contribution in [0.4, 0.5) is 4.39 Å².